The van der Waals surface area contributed by atoms with E-state index in [0.717, 1.165) is 0 Å². The number of rotatable bonds is 4. The van der Waals surface area contributed by atoms with Crippen molar-refractivity contribution >= 4 is 12.0 Å². The molecule has 1 aromatic carbocycles. The number of piperidine rings is 1. The number of carbonyl (C=O) groups excluding carboxylic acids is 2. The second kappa shape index (κ2) is 7.14. The van der Waals surface area contributed by atoms with Crippen molar-refractivity contribution in [1.29, 1.82) is 0 Å². The quantitative estimate of drug-likeness (QED) is 0.881. The lowest BCUT2D eigenvalue weighted by molar-refractivity contribution is -0.224. The number of nitrogens with zero attached hydrogens (tertiary/aromatic N) is 1. The lowest BCUT2D eigenvalue weighted by Crippen LogP contribution is -2.49. The molecule has 2 amide bonds. The van der Waals surface area contributed by atoms with Gasteiger partial charge in [0.05, 0.1) is 6.54 Å². The Bertz CT molecular complexity index is 658. The maximum atomic E-state index is 13.2. The zero-order valence-corrected chi connectivity index (χ0v) is 13.9. The van der Waals surface area contributed by atoms with Crippen LogP contribution >= 0.6 is 0 Å². The van der Waals surface area contributed by atoms with Crippen molar-refractivity contribution in [3.05, 3.63) is 35.9 Å². The third kappa shape index (κ3) is 4.09. The molecular formula is C17H19F3N2O4. The normalized spacial score (nSPS) is 20.6. The molecule has 1 aromatic rings. The summed E-state index contributed by atoms with van der Waals surface area (Å²) in [4.78, 5) is 24.9. The van der Waals surface area contributed by atoms with E-state index in [9.17, 15) is 22.8 Å². The zero-order chi connectivity index (χ0) is 18.8. The lowest BCUT2D eigenvalue weighted by Gasteiger charge is -2.37. The molecule has 2 fully saturated rings. The van der Waals surface area contributed by atoms with Crippen LogP contribution in [-0.2, 0) is 14.3 Å². The van der Waals surface area contributed by atoms with Gasteiger partial charge in [-0.2, -0.15) is 13.2 Å². The predicted molar refractivity (Wildman–Crippen MR) is 84.2 cm³/mol. The molecule has 1 spiro atoms. The minimum atomic E-state index is -4.61. The number of alkyl carbamates (subject to hydrolysis) is 1. The average molecular weight is 372 g/mol. The topological polar surface area (TPSA) is 67.9 Å². The molecule has 0 radical (unpaired) electrons. The van der Waals surface area contributed by atoms with Crippen molar-refractivity contribution in [2.24, 2.45) is 0 Å². The largest absolute Gasteiger partial charge is 0.441 e. The van der Waals surface area contributed by atoms with Crippen LogP contribution in [0, 0.1) is 0 Å². The fourth-order valence-electron chi connectivity index (χ4n) is 3.20. The maximum Gasteiger partial charge on any atom is 0.418 e. The molecule has 2 heterocycles. The molecule has 2 aliphatic heterocycles. The number of likely N-dealkylation sites (tertiary alicyclic amines) is 1. The molecule has 6 nitrogen and oxygen atoms in total. The van der Waals surface area contributed by atoms with Crippen molar-refractivity contribution in [3.63, 3.8) is 0 Å². The Hall–Kier alpha value is -2.29. The van der Waals surface area contributed by atoms with E-state index in [-0.39, 0.29) is 5.56 Å². The fourth-order valence-corrected chi connectivity index (χ4v) is 3.20. The Morgan fingerprint density at radius 2 is 1.92 bits per heavy atom. The SMILES string of the molecule is O=C1NCC2(CCN(C(=O)CO[C@@H](c3ccccc3)C(F)(F)F)CC2)O1. The van der Waals surface area contributed by atoms with Crippen LogP contribution in [0.4, 0.5) is 18.0 Å². The van der Waals surface area contributed by atoms with E-state index in [2.05, 4.69) is 5.32 Å². The minimum Gasteiger partial charge on any atom is -0.441 e. The maximum absolute atomic E-state index is 13.2. The van der Waals surface area contributed by atoms with Gasteiger partial charge in [-0.25, -0.2) is 4.79 Å². The molecule has 9 heteroatoms. The highest BCUT2D eigenvalue weighted by molar-refractivity contribution is 5.77. The summed E-state index contributed by atoms with van der Waals surface area (Å²) in [7, 11) is 0. The molecule has 0 saturated carbocycles. The molecule has 2 saturated heterocycles. The molecule has 3 rings (SSSR count). The molecule has 26 heavy (non-hydrogen) atoms. The van der Waals surface area contributed by atoms with Crippen molar-refractivity contribution in [3.8, 4) is 0 Å². The summed E-state index contributed by atoms with van der Waals surface area (Å²) in [5, 5.41) is 2.58. The molecule has 0 aliphatic carbocycles. The summed E-state index contributed by atoms with van der Waals surface area (Å²) in [5.74, 6) is -0.512. The van der Waals surface area contributed by atoms with Gasteiger partial charge in [-0.3, -0.25) is 4.79 Å². The summed E-state index contributed by atoms with van der Waals surface area (Å²) >= 11 is 0. The third-order valence-corrected chi connectivity index (χ3v) is 4.66. The highest BCUT2D eigenvalue weighted by Gasteiger charge is 2.45. The van der Waals surface area contributed by atoms with Crippen molar-refractivity contribution < 1.29 is 32.2 Å². The lowest BCUT2D eigenvalue weighted by atomic mass is 9.91. The van der Waals surface area contributed by atoms with Crippen LogP contribution in [0.5, 0.6) is 0 Å². The molecule has 0 unspecified atom stereocenters. The first-order valence-corrected chi connectivity index (χ1v) is 8.27. The molecule has 0 bridgehead atoms. The standard InChI is InChI=1S/C17H19F3N2O4/c18-17(19,20)14(12-4-2-1-3-5-12)25-10-13(23)22-8-6-16(7-9-22)11-21-15(24)26-16/h1-5,14H,6-11H2,(H,21,24)/t14-/m0/s1. The van der Waals surface area contributed by atoms with E-state index < -0.39 is 36.5 Å². The van der Waals surface area contributed by atoms with Crippen LogP contribution in [0.15, 0.2) is 30.3 Å². The van der Waals surface area contributed by atoms with Gasteiger partial charge >= 0.3 is 12.3 Å². The third-order valence-electron chi connectivity index (χ3n) is 4.66. The fraction of sp³-hybridized carbons (Fsp3) is 0.529. The van der Waals surface area contributed by atoms with Gasteiger partial charge in [-0.15, -0.1) is 0 Å². The number of benzene rings is 1. The zero-order valence-electron chi connectivity index (χ0n) is 13.9. The number of carbonyl (C=O) groups is 2. The summed E-state index contributed by atoms with van der Waals surface area (Å²) < 4.78 is 49.9. The smallest absolute Gasteiger partial charge is 0.418 e. The van der Waals surface area contributed by atoms with Crippen LogP contribution in [0.2, 0.25) is 0 Å². The number of alkyl halides is 3. The molecule has 2 aliphatic rings. The van der Waals surface area contributed by atoms with Crippen LogP contribution < -0.4 is 5.32 Å². The number of halogens is 3. The van der Waals surface area contributed by atoms with Crippen LogP contribution in [0.1, 0.15) is 24.5 Å². The van der Waals surface area contributed by atoms with Crippen LogP contribution in [0.25, 0.3) is 0 Å². The van der Waals surface area contributed by atoms with E-state index in [0.29, 0.717) is 32.5 Å². The monoisotopic (exact) mass is 372 g/mol. The summed E-state index contributed by atoms with van der Waals surface area (Å²) in [6.45, 7) is 0.330. The Kier molecular flexibility index (Phi) is 5.08. The highest BCUT2D eigenvalue weighted by Crippen LogP contribution is 2.36. The van der Waals surface area contributed by atoms with Gasteiger partial charge < -0.3 is 19.7 Å². The van der Waals surface area contributed by atoms with E-state index in [1.165, 1.54) is 29.2 Å². The molecule has 1 N–H and O–H groups in total. The van der Waals surface area contributed by atoms with Gasteiger partial charge in [0.25, 0.3) is 0 Å². The van der Waals surface area contributed by atoms with E-state index in [1.54, 1.807) is 6.07 Å². The van der Waals surface area contributed by atoms with Crippen LogP contribution in [0.3, 0.4) is 0 Å². The molecular weight excluding hydrogens is 353 g/mol. The van der Waals surface area contributed by atoms with Gasteiger partial charge in [0, 0.05) is 25.9 Å². The van der Waals surface area contributed by atoms with E-state index >= 15 is 0 Å². The summed E-state index contributed by atoms with van der Waals surface area (Å²) in [6.07, 6.45) is -6.36. The van der Waals surface area contributed by atoms with E-state index in [1.807, 2.05) is 0 Å². The predicted octanol–water partition coefficient (Wildman–Crippen LogP) is 2.41. The highest BCUT2D eigenvalue weighted by atomic mass is 19.4. The van der Waals surface area contributed by atoms with Crippen molar-refractivity contribution in [2.45, 2.75) is 30.7 Å². The summed E-state index contributed by atoms with van der Waals surface area (Å²) in [5.41, 5.74) is -0.665. The first kappa shape index (κ1) is 18.5. The number of ether oxygens (including phenoxy) is 2. The first-order valence-electron chi connectivity index (χ1n) is 8.27. The molecule has 0 aromatic heterocycles. The molecule has 142 valence electrons. The Morgan fingerprint density at radius 3 is 2.46 bits per heavy atom. The number of amides is 2. The Labute approximate surface area is 148 Å². The van der Waals surface area contributed by atoms with Gasteiger partial charge in [-0.05, 0) is 5.56 Å². The Morgan fingerprint density at radius 1 is 1.27 bits per heavy atom. The summed E-state index contributed by atoms with van der Waals surface area (Å²) in [6, 6.07) is 7.21. The second-order valence-electron chi connectivity index (χ2n) is 6.45. The van der Waals surface area contributed by atoms with Crippen LogP contribution in [-0.4, -0.2) is 54.9 Å². The minimum absolute atomic E-state index is 0.0469. The van der Waals surface area contributed by atoms with Gasteiger partial charge in [0.2, 0.25) is 5.91 Å². The second-order valence-corrected chi connectivity index (χ2v) is 6.45. The Balaban J connectivity index is 1.55. The van der Waals surface area contributed by atoms with E-state index in [4.69, 9.17) is 9.47 Å². The number of nitrogens with one attached hydrogen (secondary N) is 1. The number of hydrogen-bond acceptors (Lipinski definition) is 4. The van der Waals surface area contributed by atoms with Crippen molar-refractivity contribution in [2.75, 3.05) is 26.2 Å². The molecule has 1 atom stereocenters. The number of hydrogen-bond donors (Lipinski definition) is 1. The first-order chi connectivity index (χ1) is 12.3. The van der Waals surface area contributed by atoms with Gasteiger partial charge in [0.1, 0.15) is 12.2 Å². The van der Waals surface area contributed by atoms with Gasteiger partial charge in [0.15, 0.2) is 6.10 Å². The van der Waals surface area contributed by atoms with Crippen molar-refractivity contribution in [1.82, 2.24) is 10.2 Å². The van der Waals surface area contributed by atoms with Gasteiger partial charge in [-0.1, -0.05) is 30.3 Å². The average Bonchev–Trinajstić information content (AvgIpc) is 2.95.